The number of carbonyl (C=O) groups excluding carboxylic acids is 1. The molecular weight excluding hydrogens is 527 g/mol. The van der Waals surface area contributed by atoms with Crippen LogP contribution in [0.3, 0.4) is 0 Å². The average Bonchev–Trinajstić information content (AvgIpc) is 3.39. The third kappa shape index (κ3) is 5.36. The first-order valence-electron chi connectivity index (χ1n) is 13.9. The van der Waals surface area contributed by atoms with Gasteiger partial charge in [-0.15, -0.1) is 10.2 Å². The van der Waals surface area contributed by atoms with E-state index >= 15 is 0 Å². The van der Waals surface area contributed by atoms with Gasteiger partial charge in [0.15, 0.2) is 5.82 Å². The van der Waals surface area contributed by atoms with Gasteiger partial charge in [0.05, 0.1) is 31.4 Å². The number of benzene rings is 1. The summed E-state index contributed by atoms with van der Waals surface area (Å²) >= 11 is 0. The number of aromatic nitrogens is 2. The fourth-order valence-electron chi connectivity index (χ4n) is 6.59. The highest BCUT2D eigenvalue weighted by molar-refractivity contribution is 5.79. The number of nitrogens with zero attached hydrogens (tertiary/aromatic N) is 4. The highest BCUT2D eigenvalue weighted by Gasteiger charge is 2.46. The molecule has 0 bridgehead atoms. The van der Waals surface area contributed by atoms with Crippen LogP contribution >= 0.6 is 0 Å². The van der Waals surface area contributed by atoms with Crippen LogP contribution in [0.5, 0.6) is 5.75 Å². The minimum atomic E-state index is -4.56. The first-order valence-corrected chi connectivity index (χ1v) is 13.9. The number of anilines is 1. The number of aliphatic hydroxyl groups is 1. The molecule has 4 heterocycles. The number of nitrogens with one attached hydrogen (secondary N) is 1. The molecule has 6 rings (SSSR count). The summed E-state index contributed by atoms with van der Waals surface area (Å²) in [6, 6.07) is 2.88. The Hall–Kier alpha value is -2.96. The number of hydrogen-bond donors (Lipinski definition) is 3. The van der Waals surface area contributed by atoms with E-state index in [1.807, 2.05) is 4.90 Å². The molecule has 3 N–H and O–H groups in total. The molecule has 4 aliphatic rings. The zero-order valence-electron chi connectivity index (χ0n) is 22.2. The van der Waals surface area contributed by atoms with E-state index in [0.29, 0.717) is 36.2 Å². The standard InChI is InChI=1S/C28H34F3N5O4/c29-28(30,31)17-3-4-20(23(38)10-17)25-21-13-40-14-22(21)26(34-33-25)32-18-2-1-9-35(11-18)12-24(39)36-15-27(16-36)7-5-19(37)6-8-27/h3-4,10,18-19,37-38H,1-2,5-9,11-16H2,(H,32,34)/t18-/m1/s1. The zero-order chi connectivity index (χ0) is 28.1. The van der Waals surface area contributed by atoms with Gasteiger partial charge in [0.25, 0.3) is 0 Å². The normalized spacial score (nSPS) is 23.2. The maximum Gasteiger partial charge on any atom is 0.416 e. The lowest BCUT2D eigenvalue weighted by Crippen LogP contribution is -2.61. The predicted molar refractivity (Wildman–Crippen MR) is 139 cm³/mol. The van der Waals surface area contributed by atoms with Crippen molar-refractivity contribution in [2.75, 3.05) is 38.0 Å². The fraction of sp³-hybridized carbons (Fsp3) is 0.607. The van der Waals surface area contributed by atoms with Crippen molar-refractivity contribution in [3.63, 3.8) is 0 Å². The molecule has 1 amide bonds. The van der Waals surface area contributed by atoms with Crippen molar-refractivity contribution in [3.8, 4) is 17.0 Å². The molecule has 3 aliphatic heterocycles. The second kappa shape index (κ2) is 10.5. The lowest BCUT2D eigenvalue weighted by atomic mass is 9.68. The summed E-state index contributed by atoms with van der Waals surface area (Å²) < 4.78 is 44.8. The van der Waals surface area contributed by atoms with E-state index in [4.69, 9.17) is 4.74 Å². The van der Waals surface area contributed by atoms with Crippen LogP contribution in [-0.4, -0.2) is 81.0 Å². The molecule has 9 nitrogen and oxygen atoms in total. The molecule has 0 unspecified atom stereocenters. The number of alkyl halides is 3. The summed E-state index contributed by atoms with van der Waals surface area (Å²) in [6.07, 6.45) is 0.696. The topological polar surface area (TPSA) is 111 Å². The van der Waals surface area contributed by atoms with Crippen LogP contribution in [-0.2, 0) is 28.9 Å². The Bertz CT molecular complexity index is 1270. The predicted octanol–water partition coefficient (Wildman–Crippen LogP) is 3.54. The first-order chi connectivity index (χ1) is 19.1. The molecule has 1 spiro atoms. The molecule has 1 aromatic heterocycles. The highest BCUT2D eigenvalue weighted by atomic mass is 19.4. The third-order valence-corrected chi connectivity index (χ3v) is 8.89. The van der Waals surface area contributed by atoms with E-state index < -0.39 is 17.5 Å². The van der Waals surface area contributed by atoms with Gasteiger partial charge in [0.2, 0.25) is 5.91 Å². The molecule has 1 aliphatic carbocycles. The van der Waals surface area contributed by atoms with Crippen molar-refractivity contribution < 1.29 is 32.9 Å². The maximum absolute atomic E-state index is 13.0. The second-order valence-electron chi connectivity index (χ2n) is 11.8. The van der Waals surface area contributed by atoms with E-state index in [1.165, 1.54) is 6.07 Å². The molecule has 2 saturated heterocycles. The van der Waals surface area contributed by atoms with E-state index in [0.717, 1.165) is 69.8 Å². The molecule has 1 aromatic carbocycles. The van der Waals surface area contributed by atoms with Gasteiger partial charge < -0.3 is 25.2 Å². The summed E-state index contributed by atoms with van der Waals surface area (Å²) in [6.45, 7) is 3.97. The highest BCUT2D eigenvalue weighted by Crippen LogP contribution is 2.44. The summed E-state index contributed by atoms with van der Waals surface area (Å²) in [7, 11) is 0. The van der Waals surface area contributed by atoms with Gasteiger partial charge in [0, 0.05) is 47.8 Å². The van der Waals surface area contributed by atoms with Gasteiger partial charge >= 0.3 is 6.18 Å². The van der Waals surface area contributed by atoms with Gasteiger partial charge in [-0.25, -0.2) is 0 Å². The van der Waals surface area contributed by atoms with Gasteiger partial charge in [-0.2, -0.15) is 13.2 Å². The lowest BCUT2D eigenvalue weighted by Gasteiger charge is -2.53. The lowest BCUT2D eigenvalue weighted by molar-refractivity contribution is -0.148. The molecular formula is C28H34F3N5O4. The molecule has 3 fully saturated rings. The molecule has 40 heavy (non-hydrogen) atoms. The van der Waals surface area contributed by atoms with E-state index in [-0.39, 0.29) is 42.2 Å². The van der Waals surface area contributed by atoms with E-state index in [1.54, 1.807) is 0 Å². The molecule has 12 heteroatoms. The van der Waals surface area contributed by atoms with Gasteiger partial charge in [-0.1, -0.05) is 0 Å². The molecule has 1 saturated carbocycles. The van der Waals surface area contributed by atoms with Crippen molar-refractivity contribution >= 4 is 11.7 Å². The van der Waals surface area contributed by atoms with E-state index in [2.05, 4.69) is 20.4 Å². The molecule has 2 aromatic rings. The van der Waals surface area contributed by atoms with Gasteiger partial charge in [-0.05, 0) is 63.3 Å². The van der Waals surface area contributed by atoms with E-state index in [9.17, 15) is 28.2 Å². The molecule has 0 radical (unpaired) electrons. The van der Waals surface area contributed by atoms with Crippen LogP contribution < -0.4 is 5.32 Å². The zero-order valence-corrected chi connectivity index (χ0v) is 22.2. The van der Waals surface area contributed by atoms with Crippen LogP contribution in [0.4, 0.5) is 19.0 Å². The number of halogens is 3. The van der Waals surface area contributed by atoms with Crippen molar-refractivity contribution in [1.82, 2.24) is 20.0 Å². The van der Waals surface area contributed by atoms with Crippen molar-refractivity contribution in [2.24, 2.45) is 5.41 Å². The Morgan fingerprint density at radius 2 is 1.88 bits per heavy atom. The first kappa shape index (κ1) is 27.2. The number of aliphatic hydroxyl groups excluding tert-OH is 1. The van der Waals surface area contributed by atoms with Crippen LogP contribution in [0.15, 0.2) is 18.2 Å². The Morgan fingerprint density at radius 1 is 1.12 bits per heavy atom. The number of ether oxygens (including phenoxy) is 1. The third-order valence-electron chi connectivity index (χ3n) is 8.89. The Kier molecular flexibility index (Phi) is 7.12. The molecule has 216 valence electrons. The number of amides is 1. The minimum absolute atomic E-state index is 0.0495. The van der Waals surface area contributed by atoms with Crippen molar-refractivity contribution in [1.29, 1.82) is 0 Å². The van der Waals surface area contributed by atoms with Crippen LogP contribution in [0, 0.1) is 5.41 Å². The second-order valence-corrected chi connectivity index (χ2v) is 11.8. The number of carbonyl (C=O) groups is 1. The summed E-state index contributed by atoms with van der Waals surface area (Å²) in [4.78, 5) is 17.1. The number of aromatic hydroxyl groups is 1. The maximum atomic E-state index is 13.0. The number of hydrogen-bond acceptors (Lipinski definition) is 8. The number of phenolic OH excluding ortho intramolecular Hbond substituents is 1. The average molecular weight is 562 g/mol. The Morgan fingerprint density at radius 3 is 2.60 bits per heavy atom. The summed E-state index contributed by atoms with van der Waals surface area (Å²) in [5.74, 6) is 0.193. The van der Waals surface area contributed by atoms with Crippen LogP contribution in [0.1, 0.15) is 55.2 Å². The number of likely N-dealkylation sites (tertiary alicyclic amines) is 2. The largest absolute Gasteiger partial charge is 0.507 e. The SMILES string of the molecule is O=C(CN1CCC[C@@H](Nc2nnc(-c3ccc(C(F)(F)F)cc3O)c3c2COC3)C1)N1CC2(CCC(O)CC2)C1. The van der Waals surface area contributed by atoms with Gasteiger partial charge in [-0.3, -0.25) is 9.69 Å². The van der Waals surface area contributed by atoms with Crippen molar-refractivity contribution in [2.45, 2.75) is 70.1 Å². The van der Waals surface area contributed by atoms with Crippen LogP contribution in [0.2, 0.25) is 0 Å². The smallest absolute Gasteiger partial charge is 0.416 e. The Labute approximate surface area is 230 Å². The summed E-state index contributed by atoms with van der Waals surface area (Å²) in [5.41, 5.74) is 1.22. The molecule has 1 atom stereocenters. The number of phenols is 1. The quantitative estimate of drug-likeness (QED) is 0.509. The number of rotatable bonds is 5. The number of piperidine rings is 1. The minimum Gasteiger partial charge on any atom is -0.507 e. The Balaban J connectivity index is 1.09. The van der Waals surface area contributed by atoms with Crippen LogP contribution in [0.25, 0.3) is 11.3 Å². The monoisotopic (exact) mass is 561 g/mol. The van der Waals surface area contributed by atoms with Crippen molar-refractivity contribution in [3.05, 3.63) is 34.9 Å². The van der Waals surface area contributed by atoms with Gasteiger partial charge in [0.1, 0.15) is 11.4 Å². The summed E-state index contributed by atoms with van der Waals surface area (Å²) in [5, 5.41) is 32.2. The fourth-order valence-corrected chi connectivity index (χ4v) is 6.59. The number of fused-ring (bicyclic) bond motifs is 1.